The maximum Gasteiger partial charge on any atom is 0.347 e. The van der Waals surface area contributed by atoms with Crippen molar-refractivity contribution in [1.29, 1.82) is 0 Å². The Morgan fingerprint density at radius 1 is 1.64 bits per heavy atom. The van der Waals surface area contributed by atoms with Crippen LogP contribution in [0.2, 0.25) is 0 Å². The Morgan fingerprint density at radius 3 is 3.18 bits per heavy atom. The topological polar surface area (TPSA) is 63.6 Å². The summed E-state index contributed by atoms with van der Waals surface area (Å²) in [4.78, 5) is 20.9. The van der Waals surface area contributed by atoms with Gasteiger partial charge in [-0.15, -0.1) is 0 Å². The Labute approximate surface area is 62.1 Å². The fraction of sp³-hybridized carbons (Fsp3) is 0.167. The highest BCUT2D eigenvalue weighted by atomic mass is 16.1. The van der Waals surface area contributed by atoms with Crippen molar-refractivity contribution < 1.29 is 0 Å². The third kappa shape index (κ3) is 0.813. The Hall–Kier alpha value is -1.65. The summed E-state index contributed by atoms with van der Waals surface area (Å²) in [5, 5.41) is 0. The van der Waals surface area contributed by atoms with Crippen LogP contribution < -0.4 is 5.69 Å². The number of imidazole rings is 1. The van der Waals surface area contributed by atoms with Gasteiger partial charge in [-0.2, -0.15) is 4.98 Å². The summed E-state index contributed by atoms with van der Waals surface area (Å²) in [5.41, 5.74) is 0.337. The molecule has 0 atom stereocenters. The standard InChI is InChI=1S/C6H6N4O/c1-10-3-7-2-4-5(10)9-6(11)8-4/h2-3H,1H3,(H,8,11). The van der Waals surface area contributed by atoms with Crippen LogP contribution in [0.3, 0.4) is 0 Å². The normalized spacial score (nSPS) is 10.6. The highest BCUT2D eigenvalue weighted by Crippen LogP contribution is 2.09. The number of hydrogen-bond acceptors (Lipinski definition) is 3. The number of aryl methyl sites for hydroxylation is 1. The third-order valence-electron chi connectivity index (χ3n) is 1.47. The lowest BCUT2D eigenvalue weighted by atomic mass is 10.4. The summed E-state index contributed by atoms with van der Waals surface area (Å²) in [6, 6.07) is 0. The average molecular weight is 150 g/mol. The molecule has 0 amide bonds. The smallest absolute Gasteiger partial charge is 0.318 e. The molecule has 2 aliphatic rings. The molecule has 0 aliphatic carbocycles. The summed E-state index contributed by atoms with van der Waals surface area (Å²) >= 11 is 0. The predicted octanol–water partition coefficient (Wildman–Crippen LogP) is -0.392. The van der Waals surface area contributed by atoms with Crippen LogP contribution in [0.1, 0.15) is 0 Å². The van der Waals surface area contributed by atoms with Gasteiger partial charge in [0.25, 0.3) is 0 Å². The highest BCUT2D eigenvalue weighted by molar-refractivity contribution is 5.48. The fourth-order valence-electron chi connectivity index (χ4n) is 0.977. The summed E-state index contributed by atoms with van der Waals surface area (Å²) in [6.07, 6.45) is 3.17. The zero-order valence-corrected chi connectivity index (χ0v) is 5.90. The van der Waals surface area contributed by atoms with E-state index in [1.54, 1.807) is 24.1 Å². The van der Waals surface area contributed by atoms with Gasteiger partial charge in [-0.3, -0.25) is 0 Å². The van der Waals surface area contributed by atoms with Crippen LogP contribution in [0.15, 0.2) is 17.3 Å². The first-order chi connectivity index (χ1) is 5.27. The quantitative estimate of drug-likeness (QED) is 0.556. The molecule has 0 radical (unpaired) electrons. The molecule has 0 saturated heterocycles. The van der Waals surface area contributed by atoms with Crippen molar-refractivity contribution in [3.05, 3.63) is 23.0 Å². The SMILES string of the molecule is Cn1cncc2[nH]c(=O)nc1-2. The number of fused-ring (bicyclic) bond motifs is 1. The van der Waals surface area contributed by atoms with Gasteiger partial charge in [0.2, 0.25) is 0 Å². The minimum absolute atomic E-state index is 0.330. The van der Waals surface area contributed by atoms with Gasteiger partial charge in [0, 0.05) is 7.05 Å². The van der Waals surface area contributed by atoms with Crippen molar-refractivity contribution in [2.24, 2.45) is 7.05 Å². The monoisotopic (exact) mass is 150 g/mol. The molecule has 0 fully saturated rings. The molecule has 11 heavy (non-hydrogen) atoms. The molecule has 0 bridgehead atoms. The van der Waals surface area contributed by atoms with Crippen molar-refractivity contribution in [2.75, 3.05) is 0 Å². The number of H-pyrrole nitrogens is 1. The van der Waals surface area contributed by atoms with Gasteiger partial charge in [0.15, 0.2) is 5.82 Å². The molecule has 5 nitrogen and oxygen atoms in total. The van der Waals surface area contributed by atoms with Gasteiger partial charge < -0.3 is 9.55 Å². The number of rotatable bonds is 0. The van der Waals surface area contributed by atoms with Crippen molar-refractivity contribution in [1.82, 2.24) is 19.5 Å². The molecule has 5 heteroatoms. The van der Waals surface area contributed by atoms with Crippen molar-refractivity contribution >= 4 is 0 Å². The van der Waals surface area contributed by atoms with E-state index < -0.39 is 0 Å². The molecular formula is C6H6N4O. The molecule has 0 unspecified atom stereocenters. The summed E-state index contributed by atoms with van der Waals surface area (Å²) in [5.74, 6) is 0.630. The number of nitrogens with one attached hydrogen (secondary N) is 1. The van der Waals surface area contributed by atoms with E-state index >= 15 is 0 Å². The second kappa shape index (κ2) is 1.91. The Balaban J connectivity index is 2.89. The predicted molar refractivity (Wildman–Crippen MR) is 38.2 cm³/mol. The zero-order valence-electron chi connectivity index (χ0n) is 5.90. The second-order valence-electron chi connectivity index (χ2n) is 2.28. The van der Waals surface area contributed by atoms with Crippen LogP contribution in [0, 0.1) is 0 Å². The van der Waals surface area contributed by atoms with E-state index in [1.807, 2.05) is 0 Å². The molecule has 1 N–H and O–H groups in total. The lowest BCUT2D eigenvalue weighted by molar-refractivity contribution is 0.850. The van der Waals surface area contributed by atoms with E-state index in [1.165, 1.54) is 0 Å². The molecule has 56 valence electrons. The molecule has 0 aromatic rings. The number of aromatic nitrogens is 4. The lowest BCUT2D eigenvalue weighted by Gasteiger charge is -2.00. The van der Waals surface area contributed by atoms with E-state index in [9.17, 15) is 4.79 Å². The minimum Gasteiger partial charge on any atom is -0.318 e. The number of hydrogen-bond donors (Lipinski definition) is 1. The zero-order chi connectivity index (χ0) is 7.84. The van der Waals surface area contributed by atoms with Gasteiger partial charge in [-0.05, 0) is 0 Å². The first kappa shape index (κ1) is 6.09. The van der Waals surface area contributed by atoms with Crippen molar-refractivity contribution in [3.63, 3.8) is 0 Å². The van der Waals surface area contributed by atoms with E-state index in [2.05, 4.69) is 15.0 Å². The van der Waals surface area contributed by atoms with Crippen LogP contribution in [-0.2, 0) is 7.05 Å². The Morgan fingerprint density at radius 2 is 2.45 bits per heavy atom. The second-order valence-corrected chi connectivity index (χ2v) is 2.28. The Kier molecular flexibility index (Phi) is 1.06. The molecule has 0 aromatic heterocycles. The van der Waals surface area contributed by atoms with Gasteiger partial charge >= 0.3 is 5.69 Å². The molecule has 0 aromatic carbocycles. The summed E-state index contributed by atoms with van der Waals surface area (Å²) in [7, 11) is 1.79. The average Bonchev–Trinajstić information content (AvgIpc) is 2.31. The van der Waals surface area contributed by atoms with Crippen LogP contribution in [0.25, 0.3) is 11.5 Å². The molecule has 0 saturated carbocycles. The summed E-state index contributed by atoms with van der Waals surface area (Å²) in [6.45, 7) is 0. The molecule has 2 heterocycles. The number of nitrogens with zero attached hydrogens (tertiary/aromatic N) is 3. The van der Waals surface area contributed by atoms with Gasteiger partial charge in [0.1, 0.15) is 5.69 Å². The fourth-order valence-corrected chi connectivity index (χ4v) is 0.977. The number of aromatic amines is 1. The maximum absolute atomic E-state index is 10.7. The van der Waals surface area contributed by atoms with Crippen LogP contribution in [-0.4, -0.2) is 19.5 Å². The summed E-state index contributed by atoms with van der Waals surface area (Å²) < 4.78 is 1.69. The van der Waals surface area contributed by atoms with Gasteiger partial charge in [0.05, 0.1) is 12.5 Å². The lowest BCUT2D eigenvalue weighted by Crippen LogP contribution is -2.01. The largest absolute Gasteiger partial charge is 0.347 e. The molecule has 2 aliphatic heterocycles. The third-order valence-corrected chi connectivity index (χ3v) is 1.47. The molecular weight excluding hydrogens is 144 g/mol. The Bertz CT molecular complexity index is 402. The van der Waals surface area contributed by atoms with Crippen LogP contribution >= 0.6 is 0 Å². The maximum atomic E-state index is 10.7. The molecule has 2 rings (SSSR count). The van der Waals surface area contributed by atoms with Crippen molar-refractivity contribution in [3.8, 4) is 11.5 Å². The van der Waals surface area contributed by atoms with Crippen LogP contribution in [0.4, 0.5) is 0 Å². The van der Waals surface area contributed by atoms with E-state index in [0.29, 0.717) is 11.5 Å². The van der Waals surface area contributed by atoms with E-state index in [0.717, 1.165) is 0 Å². The minimum atomic E-state index is -0.330. The van der Waals surface area contributed by atoms with E-state index in [4.69, 9.17) is 0 Å². The van der Waals surface area contributed by atoms with Gasteiger partial charge in [-0.25, -0.2) is 9.78 Å². The van der Waals surface area contributed by atoms with Crippen LogP contribution in [0.5, 0.6) is 0 Å². The molecule has 0 spiro atoms. The first-order valence-corrected chi connectivity index (χ1v) is 3.14. The first-order valence-electron chi connectivity index (χ1n) is 3.14. The highest BCUT2D eigenvalue weighted by Gasteiger charge is 2.07. The van der Waals surface area contributed by atoms with E-state index in [-0.39, 0.29) is 5.69 Å². The van der Waals surface area contributed by atoms with Gasteiger partial charge in [-0.1, -0.05) is 0 Å². The van der Waals surface area contributed by atoms with Crippen molar-refractivity contribution in [2.45, 2.75) is 0 Å².